The van der Waals surface area contributed by atoms with E-state index in [4.69, 9.17) is 4.74 Å². The van der Waals surface area contributed by atoms with Gasteiger partial charge in [-0.05, 0) is 32.4 Å². The molecule has 4 atom stereocenters. The molecule has 2 unspecified atom stereocenters. The number of hydrogen-bond donors (Lipinski definition) is 0. The SMILES string of the molecule is O=C(C1C2C(=O)N(CCN3CCCCC3)C[C@@]23C=C[C@@H]1O3)N1CCC1. The zero-order valence-electron chi connectivity index (χ0n) is 14.7. The summed E-state index contributed by atoms with van der Waals surface area (Å²) in [5, 5.41) is 0. The molecule has 6 nitrogen and oxygen atoms in total. The summed E-state index contributed by atoms with van der Waals surface area (Å²) >= 11 is 0. The molecule has 0 aliphatic carbocycles. The molecular formula is C19H27N3O3. The summed E-state index contributed by atoms with van der Waals surface area (Å²) in [6, 6.07) is 0. The second-order valence-electron chi connectivity index (χ2n) is 8.24. The Kier molecular flexibility index (Phi) is 3.68. The van der Waals surface area contributed by atoms with Crippen LogP contribution in [0, 0.1) is 11.8 Å². The molecule has 136 valence electrons. The minimum absolute atomic E-state index is 0.124. The maximum absolute atomic E-state index is 13.1. The van der Waals surface area contributed by atoms with E-state index in [0.29, 0.717) is 6.54 Å². The molecule has 0 radical (unpaired) electrons. The lowest BCUT2D eigenvalue weighted by atomic mass is 9.76. The third-order valence-corrected chi connectivity index (χ3v) is 6.77. The van der Waals surface area contributed by atoms with Gasteiger partial charge in [0.25, 0.3) is 0 Å². The summed E-state index contributed by atoms with van der Waals surface area (Å²) in [6.07, 6.45) is 8.80. The van der Waals surface area contributed by atoms with E-state index in [0.717, 1.165) is 45.7 Å². The zero-order chi connectivity index (χ0) is 17.0. The first-order valence-corrected chi connectivity index (χ1v) is 9.85. The summed E-state index contributed by atoms with van der Waals surface area (Å²) in [5.74, 6) is -0.365. The van der Waals surface area contributed by atoms with E-state index in [1.807, 2.05) is 15.9 Å². The lowest BCUT2D eigenvalue weighted by Crippen LogP contribution is -2.50. The average Bonchev–Trinajstić information content (AvgIpc) is 3.21. The van der Waals surface area contributed by atoms with Crippen molar-refractivity contribution >= 4 is 11.8 Å². The summed E-state index contributed by atoms with van der Waals surface area (Å²) in [5.41, 5.74) is -0.547. The van der Waals surface area contributed by atoms with Gasteiger partial charge in [0.2, 0.25) is 11.8 Å². The van der Waals surface area contributed by atoms with E-state index < -0.39 is 5.60 Å². The number of fused-ring (bicyclic) bond motifs is 1. The monoisotopic (exact) mass is 345 g/mol. The number of amides is 2. The first kappa shape index (κ1) is 15.8. The topological polar surface area (TPSA) is 53.1 Å². The van der Waals surface area contributed by atoms with Gasteiger partial charge >= 0.3 is 0 Å². The van der Waals surface area contributed by atoms with Crippen molar-refractivity contribution in [3.8, 4) is 0 Å². The highest BCUT2D eigenvalue weighted by Crippen LogP contribution is 2.52. The van der Waals surface area contributed by atoms with Crippen molar-refractivity contribution in [2.24, 2.45) is 11.8 Å². The Bertz CT molecular complexity index is 611. The van der Waals surface area contributed by atoms with E-state index in [1.165, 1.54) is 19.3 Å². The number of hydrogen-bond acceptors (Lipinski definition) is 4. The van der Waals surface area contributed by atoms with Crippen LogP contribution < -0.4 is 0 Å². The van der Waals surface area contributed by atoms with Gasteiger partial charge in [0, 0.05) is 26.2 Å². The number of carbonyl (C=O) groups excluding carboxylic acids is 2. The Morgan fingerprint density at radius 3 is 2.64 bits per heavy atom. The van der Waals surface area contributed by atoms with Gasteiger partial charge in [-0.15, -0.1) is 0 Å². The van der Waals surface area contributed by atoms with E-state index in [9.17, 15) is 9.59 Å². The molecule has 5 aliphatic heterocycles. The normalized spacial score (nSPS) is 39.8. The van der Waals surface area contributed by atoms with Gasteiger partial charge in [-0.3, -0.25) is 9.59 Å². The lowest BCUT2D eigenvalue weighted by Gasteiger charge is -2.35. The molecule has 0 aromatic carbocycles. The molecule has 5 aliphatic rings. The highest BCUT2D eigenvalue weighted by Gasteiger charge is 2.67. The molecule has 0 saturated carbocycles. The molecule has 4 fully saturated rings. The molecule has 5 heterocycles. The molecule has 1 spiro atoms. The standard InChI is InChI=1S/C19H27N3O3/c23-17(21-9-4-10-21)15-14-5-6-19(25-14)13-22(18(24)16(15)19)12-11-20-7-2-1-3-8-20/h5-6,14-16H,1-4,7-13H2/t14-,15?,16?,19-/m0/s1. The van der Waals surface area contributed by atoms with Crippen LogP contribution in [0.25, 0.3) is 0 Å². The number of piperidine rings is 1. The van der Waals surface area contributed by atoms with Gasteiger partial charge in [-0.25, -0.2) is 0 Å². The van der Waals surface area contributed by atoms with Crippen molar-refractivity contribution in [3.63, 3.8) is 0 Å². The molecular weight excluding hydrogens is 318 g/mol. The number of ether oxygens (including phenoxy) is 1. The molecule has 6 heteroatoms. The van der Waals surface area contributed by atoms with Gasteiger partial charge in [0.05, 0.1) is 24.5 Å². The number of carbonyl (C=O) groups is 2. The van der Waals surface area contributed by atoms with Gasteiger partial charge < -0.3 is 19.4 Å². The van der Waals surface area contributed by atoms with Gasteiger partial charge in [-0.1, -0.05) is 18.6 Å². The Hall–Kier alpha value is -1.40. The quantitative estimate of drug-likeness (QED) is 0.696. The van der Waals surface area contributed by atoms with Crippen molar-refractivity contribution in [1.29, 1.82) is 0 Å². The fourth-order valence-electron chi connectivity index (χ4n) is 5.24. The van der Waals surface area contributed by atoms with Crippen LogP contribution in [0.5, 0.6) is 0 Å². The van der Waals surface area contributed by atoms with Crippen LogP contribution in [0.15, 0.2) is 12.2 Å². The Morgan fingerprint density at radius 2 is 1.92 bits per heavy atom. The van der Waals surface area contributed by atoms with E-state index in [2.05, 4.69) is 11.0 Å². The summed E-state index contributed by atoms with van der Waals surface area (Å²) in [7, 11) is 0. The maximum Gasteiger partial charge on any atom is 0.230 e. The van der Waals surface area contributed by atoms with Crippen molar-refractivity contribution in [2.45, 2.75) is 37.4 Å². The molecule has 0 aromatic rings. The minimum atomic E-state index is -0.547. The highest BCUT2D eigenvalue weighted by atomic mass is 16.5. The number of rotatable bonds is 4. The predicted octanol–water partition coefficient (Wildman–Crippen LogP) is 0.487. The second kappa shape index (κ2) is 5.81. The van der Waals surface area contributed by atoms with E-state index in [-0.39, 0.29) is 29.8 Å². The molecule has 4 saturated heterocycles. The van der Waals surface area contributed by atoms with E-state index in [1.54, 1.807) is 0 Å². The Balaban J connectivity index is 1.30. The van der Waals surface area contributed by atoms with Crippen LogP contribution in [0.3, 0.4) is 0 Å². The van der Waals surface area contributed by atoms with Gasteiger partial charge in [0.1, 0.15) is 5.60 Å². The maximum atomic E-state index is 13.1. The fraction of sp³-hybridized carbons (Fsp3) is 0.789. The van der Waals surface area contributed by atoms with E-state index >= 15 is 0 Å². The molecule has 25 heavy (non-hydrogen) atoms. The minimum Gasteiger partial charge on any atom is -0.360 e. The predicted molar refractivity (Wildman–Crippen MR) is 91.8 cm³/mol. The smallest absolute Gasteiger partial charge is 0.230 e. The van der Waals surface area contributed by atoms with Gasteiger partial charge in [-0.2, -0.15) is 0 Å². The second-order valence-corrected chi connectivity index (χ2v) is 8.24. The first-order chi connectivity index (χ1) is 12.2. The number of likely N-dealkylation sites (tertiary alicyclic amines) is 3. The Morgan fingerprint density at radius 1 is 1.12 bits per heavy atom. The van der Waals surface area contributed by atoms with Crippen LogP contribution in [0.1, 0.15) is 25.7 Å². The highest BCUT2D eigenvalue weighted by molar-refractivity contribution is 5.93. The first-order valence-electron chi connectivity index (χ1n) is 9.85. The van der Waals surface area contributed by atoms with Crippen molar-refractivity contribution < 1.29 is 14.3 Å². The summed E-state index contributed by atoms with van der Waals surface area (Å²) < 4.78 is 6.19. The lowest BCUT2D eigenvalue weighted by molar-refractivity contribution is -0.145. The molecule has 0 N–H and O–H groups in total. The van der Waals surface area contributed by atoms with Crippen LogP contribution >= 0.6 is 0 Å². The summed E-state index contributed by atoms with van der Waals surface area (Å²) in [4.78, 5) is 32.3. The third kappa shape index (κ3) is 2.37. The molecule has 0 aromatic heterocycles. The molecule has 2 bridgehead atoms. The largest absolute Gasteiger partial charge is 0.360 e. The average molecular weight is 345 g/mol. The third-order valence-electron chi connectivity index (χ3n) is 6.77. The number of nitrogens with zero attached hydrogens (tertiary/aromatic N) is 3. The molecule has 2 amide bonds. The van der Waals surface area contributed by atoms with Crippen LogP contribution in [0.4, 0.5) is 0 Å². The molecule has 5 rings (SSSR count). The van der Waals surface area contributed by atoms with Gasteiger partial charge in [0.15, 0.2) is 0 Å². The summed E-state index contributed by atoms with van der Waals surface area (Å²) in [6.45, 7) is 6.25. The fourth-order valence-corrected chi connectivity index (χ4v) is 5.24. The zero-order valence-corrected chi connectivity index (χ0v) is 14.7. The van der Waals surface area contributed by atoms with Crippen LogP contribution in [-0.2, 0) is 14.3 Å². The van der Waals surface area contributed by atoms with Crippen LogP contribution in [0.2, 0.25) is 0 Å². The van der Waals surface area contributed by atoms with Crippen molar-refractivity contribution in [3.05, 3.63) is 12.2 Å². The van der Waals surface area contributed by atoms with Crippen molar-refractivity contribution in [1.82, 2.24) is 14.7 Å². The Labute approximate surface area is 148 Å². The van der Waals surface area contributed by atoms with Crippen LogP contribution in [-0.4, -0.2) is 84.0 Å². The van der Waals surface area contributed by atoms with Crippen molar-refractivity contribution in [2.75, 3.05) is 45.8 Å².